The Morgan fingerprint density at radius 1 is 0.750 bits per heavy atom. The second kappa shape index (κ2) is 21.5. The average Bonchev–Trinajstić information content (AvgIpc) is 2.76. The molecule has 0 spiro atoms. The minimum Gasteiger partial charge on any atom is -0.393 e. The standard InChI is InChI=1S/C29H42O3/c1-5-6-7-8-9-10-11-12-13-14-15-16-17-18-19-20-21-22-23-28(30)32-29(31)27(4)25-24-26(2)3/h6-7,9-10,12-13,15-16,18-19,21-22,27H,2,5,8,11,14,17,20,23-25H2,1,3-4H3/b7-6-,10-9-,13-12-,16-15-,19-18-,22-21-. The number of hydrogen-bond acceptors (Lipinski definition) is 3. The molecule has 0 aromatic rings. The normalized spacial score (nSPS) is 13.5. The van der Waals surface area contributed by atoms with Gasteiger partial charge in [0.2, 0.25) is 0 Å². The third-order valence-corrected chi connectivity index (χ3v) is 4.50. The molecule has 0 aliphatic rings. The summed E-state index contributed by atoms with van der Waals surface area (Å²) in [6, 6.07) is 0. The van der Waals surface area contributed by atoms with Gasteiger partial charge in [-0.15, -0.1) is 6.58 Å². The Kier molecular flexibility index (Phi) is 19.7. The predicted octanol–water partition coefficient (Wildman–Crippen LogP) is 8.14. The second-order valence-corrected chi connectivity index (χ2v) is 7.81. The first-order valence-corrected chi connectivity index (χ1v) is 11.8. The van der Waals surface area contributed by atoms with E-state index in [1.54, 1.807) is 13.0 Å². The number of rotatable bonds is 17. The zero-order valence-corrected chi connectivity index (χ0v) is 20.3. The maximum atomic E-state index is 11.8. The Morgan fingerprint density at radius 2 is 1.16 bits per heavy atom. The number of carbonyl (C=O) groups is 2. The van der Waals surface area contributed by atoms with Crippen LogP contribution in [0.2, 0.25) is 0 Å². The molecule has 0 amide bonds. The molecule has 0 saturated heterocycles. The fourth-order valence-corrected chi connectivity index (χ4v) is 2.54. The van der Waals surface area contributed by atoms with Crippen molar-refractivity contribution in [3.63, 3.8) is 0 Å². The molecule has 176 valence electrons. The first kappa shape index (κ1) is 29.3. The van der Waals surface area contributed by atoms with Crippen LogP contribution in [0.4, 0.5) is 0 Å². The molecule has 3 heteroatoms. The highest BCUT2D eigenvalue weighted by Crippen LogP contribution is 2.12. The summed E-state index contributed by atoms with van der Waals surface area (Å²) in [6.45, 7) is 9.65. The van der Waals surface area contributed by atoms with Gasteiger partial charge in [0, 0.05) is 0 Å². The zero-order chi connectivity index (χ0) is 23.9. The molecule has 32 heavy (non-hydrogen) atoms. The molecule has 0 aliphatic carbocycles. The minimum absolute atomic E-state index is 0.115. The zero-order valence-electron chi connectivity index (χ0n) is 20.3. The Hall–Kier alpha value is -2.68. The largest absolute Gasteiger partial charge is 0.393 e. The summed E-state index contributed by atoms with van der Waals surface area (Å²) in [6.07, 6.45) is 32.5. The van der Waals surface area contributed by atoms with Crippen molar-refractivity contribution in [2.24, 2.45) is 5.92 Å². The molecule has 0 N–H and O–H groups in total. The molecule has 0 radical (unpaired) electrons. The number of esters is 2. The van der Waals surface area contributed by atoms with Crippen LogP contribution >= 0.6 is 0 Å². The van der Waals surface area contributed by atoms with E-state index >= 15 is 0 Å². The summed E-state index contributed by atoms with van der Waals surface area (Å²) in [5.74, 6) is -1.25. The smallest absolute Gasteiger partial charge is 0.317 e. The van der Waals surface area contributed by atoms with E-state index < -0.39 is 11.9 Å². The number of ether oxygens (including phenoxy) is 1. The van der Waals surface area contributed by atoms with Gasteiger partial charge in [0.05, 0.1) is 12.3 Å². The van der Waals surface area contributed by atoms with Crippen molar-refractivity contribution in [2.75, 3.05) is 0 Å². The van der Waals surface area contributed by atoms with Gasteiger partial charge in [-0.05, 0) is 58.3 Å². The van der Waals surface area contributed by atoms with Gasteiger partial charge in [-0.25, -0.2) is 0 Å². The molecule has 0 fully saturated rings. The minimum atomic E-state index is -0.503. The summed E-state index contributed by atoms with van der Waals surface area (Å²) in [7, 11) is 0. The van der Waals surface area contributed by atoms with Crippen molar-refractivity contribution in [1.82, 2.24) is 0 Å². The van der Waals surface area contributed by atoms with Crippen LogP contribution in [0.3, 0.4) is 0 Å². The van der Waals surface area contributed by atoms with E-state index in [0.717, 1.165) is 50.5 Å². The van der Waals surface area contributed by atoms with Crippen molar-refractivity contribution >= 4 is 11.9 Å². The Bertz CT molecular complexity index is 702. The van der Waals surface area contributed by atoms with E-state index in [9.17, 15) is 9.59 Å². The van der Waals surface area contributed by atoms with Gasteiger partial charge in [0.25, 0.3) is 0 Å². The highest BCUT2D eigenvalue weighted by atomic mass is 16.6. The van der Waals surface area contributed by atoms with Gasteiger partial charge in [0.15, 0.2) is 0 Å². The molecular formula is C29H42O3. The van der Waals surface area contributed by atoms with Crippen molar-refractivity contribution in [3.8, 4) is 0 Å². The highest BCUT2D eigenvalue weighted by Gasteiger charge is 2.17. The fourth-order valence-electron chi connectivity index (χ4n) is 2.54. The summed E-state index contributed by atoms with van der Waals surface area (Å²) < 4.78 is 4.88. The first-order chi connectivity index (χ1) is 15.5. The Balaban J connectivity index is 3.80. The van der Waals surface area contributed by atoms with Crippen LogP contribution in [0.15, 0.2) is 85.1 Å². The maximum Gasteiger partial charge on any atom is 0.317 e. The second-order valence-electron chi connectivity index (χ2n) is 7.81. The van der Waals surface area contributed by atoms with Crippen LogP contribution in [0, 0.1) is 5.92 Å². The van der Waals surface area contributed by atoms with Gasteiger partial charge in [-0.1, -0.05) is 92.3 Å². The van der Waals surface area contributed by atoms with Crippen LogP contribution in [0.25, 0.3) is 0 Å². The summed E-state index contributed by atoms with van der Waals surface area (Å²) in [5.41, 5.74) is 1.02. The van der Waals surface area contributed by atoms with E-state index in [2.05, 4.69) is 74.3 Å². The summed E-state index contributed by atoms with van der Waals surface area (Å²) in [5, 5.41) is 0. The molecule has 1 atom stereocenters. The molecule has 0 aliphatic heterocycles. The first-order valence-electron chi connectivity index (χ1n) is 11.8. The molecular weight excluding hydrogens is 396 g/mol. The summed E-state index contributed by atoms with van der Waals surface area (Å²) >= 11 is 0. The number of allylic oxidation sites excluding steroid dienone is 12. The monoisotopic (exact) mass is 438 g/mol. The lowest BCUT2D eigenvalue weighted by atomic mass is 10.0. The number of hydrogen-bond donors (Lipinski definition) is 0. The topological polar surface area (TPSA) is 43.4 Å². The van der Waals surface area contributed by atoms with Crippen LogP contribution in [-0.4, -0.2) is 11.9 Å². The lowest BCUT2D eigenvalue weighted by molar-refractivity contribution is -0.161. The van der Waals surface area contributed by atoms with Gasteiger partial charge in [-0.3, -0.25) is 9.59 Å². The van der Waals surface area contributed by atoms with Gasteiger partial charge in [0.1, 0.15) is 0 Å². The van der Waals surface area contributed by atoms with E-state index in [1.165, 1.54) is 0 Å². The van der Waals surface area contributed by atoms with Crippen molar-refractivity contribution in [2.45, 2.75) is 78.6 Å². The molecule has 0 bridgehead atoms. The quantitative estimate of drug-likeness (QED) is 0.131. The van der Waals surface area contributed by atoms with Gasteiger partial charge < -0.3 is 4.74 Å². The molecule has 0 aromatic heterocycles. The summed E-state index contributed by atoms with van der Waals surface area (Å²) in [4.78, 5) is 23.6. The maximum absolute atomic E-state index is 11.8. The van der Waals surface area contributed by atoms with Crippen LogP contribution < -0.4 is 0 Å². The Morgan fingerprint density at radius 3 is 1.56 bits per heavy atom. The van der Waals surface area contributed by atoms with E-state index in [-0.39, 0.29) is 12.3 Å². The van der Waals surface area contributed by atoms with Gasteiger partial charge in [-0.2, -0.15) is 0 Å². The van der Waals surface area contributed by atoms with Crippen LogP contribution in [-0.2, 0) is 14.3 Å². The molecule has 3 nitrogen and oxygen atoms in total. The lowest BCUT2D eigenvalue weighted by Gasteiger charge is -2.09. The van der Waals surface area contributed by atoms with Crippen molar-refractivity contribution in [1.29, 1.82) is 0 Å². The fraction of sp³-hybridized carbons (Fsp3) is 0.448. The molecule has 0 aromatic carbocycles. The SMILES string of the molecule is C=C(C)CCC(C)C(=O)OC(=O)C/C=C\C/C=C\C/C=C\C/C=C\C/C=C\C/C=C\CC. The van der Waals surface area contributed by atoms with Crippen molar-refractivity contribution in [3.05, 3.63) is 85.1 Å². The van der Waals surface area contributed by atoms with Crippen LogP contribution in [0.5, 0.6) is 0 Å². The van der Waals surface area contributed by atoms with E-state index in [0.29, 0.717) is 6.42 Å². The lowest BCUT2D eigenvalue weighted by Crippen LogP contribution is -2.18. The van der Waals surface area contributed by atoms with E-state index in [4.69, 9.17) is 4.74 Å². The molecule has 0 saturated carbocycles. The third kappa shape index (κ3) is 20.6. The Labute approximate surface area is 196 Å². The molecule has 1 unspecified atom stereocenters. The third-order valence-electron chi connectivity index (χ3n) is 4.50. The van der Waals surface area contributed by atoms with Gasteiger partial charge >= 0.3 is 11.9 Å². The van der Waals surface area contributed by atoms with E-state index in [1.807, 2.05) is 13.0 Å². The van der Waals surface area contributed by atoms with Crippen molar-refractivity contribution < 1.29 is 14.3 Å². The predicted molar refractivity (Wildman–Crippen MR) is 137 cm³/mol. The average molecular weight is 439 g/mol. The molecule has 0 heterocycles. The number of carbonyl (C=O) groups excluding carboxylic acids is 2. The van der Waals surface area contributed by atoms with Crippen LogP contribution in [0.1, 0.15) is 78.6 Å². The molecule has 0 rings (SSSR count). The highest BCUT2D eigenvalue weighted by molar-refractivity contribution is 5.87.